The van der Waals surface area contributed by atoms with E-state index in [0.29, 0.717) is 0 Å². The second-order valence-corrected chi connectivity index (χ2v) is 34.1. The standard InChI is InChI=1S/C73H93F3N15O27P3/c1-36(2)107-61(97)37(3)86-119(104,116-45-21-15-12-16-22-45)113-41(7)52-54(93)73(103,35-76)67(111-52)91-32-29-50-57(91)82-70(85-60(50)96)79-44(10)109-63(99)39(5)88-121(106,118-47-25-19-14-20-26-47)115-42(8)64(100)112-65(71(11,101)33-74)89-30-27-49-56(89)81-69(84-59(49)95)78-43(9)108-62(98)38(4)87-120(105,117-46-23-17-13-18-24-46)114-40(6)51-53(92)72(102,34-75)66(110-51)90-31-28-48-55(90)80-68(77)83-58(48)94/h12-32,36-44,51-54,64-67,92-93,100-103H,33-35H2,1-11H3,(H,86,104)(H,87,105)(H,88,106)(H3,77,80,83,94)(H2,78,81,84,95)(H2,79,82,85,96)/t37-,38-,39-,40-,41-,42-,43?,44?,51+,52+,53?,54?,64+,65+,66+,67+,71-,72+,73+,119?,120+,121-/m0/s1. The second kappa shape index (κ2) is 37.4. The molecule has 5 unspecified atom stereocenters. The second-order valence-electron chi connectivity index (χ2n) is 29.2. The summed E-state index contributed by atoms with van der Waals surface area (Å²) < 4.78 is 162. The predicted molar refractivity (Wildman–Crippen MR) is 423 cm³/mol. The van der Waals surface area contributed by atoms with Gasteiger partial charge in [0.05, 0.1) is 34.5 Å². The molecule has 16 N–H and O–H groups in total. The first-order chi connectivity index (χ1) is 57.0. The highest BCUT2D eigenvalue weighted by Gasteiger charge is 2.61. The van der Waals surface area contributed by atoms with Crippen LogP contribution >= 0.6 is 23.2 Å². The molecular formula is C73H93F3N15O27P3. The Bertz CT molecular complexity index is 5490. The van der Waals surface area contributed by atoms with Crippen LogP contribution in [-0.2, 0) is 70.1 Å². The van der Waals surface area contributed by atoms with Gasteiger partial charge in [-0.15, -0.1) is 0 Å². The Labute approximate surface area is 685 Å². The number of hydrogen-bond acceptors (Lipinski definition) is 33. The Morgan fingerprint density at radius 2 is 0.917 bits per heavy atom. The number of nitrogens with zero attached hydrogens (tertiary/aromatic N) is 6. The molecule has 2 aliphatic heterocycles. The number of carbonyl (C=O) groups excluding carboxylic acids is 3. The zero-order chi connectivity index (χ0) is 88.2. The number of benzene rings is 3. The molecule has 3 aromatic carbocycles. The SMILES string of the molecule is CC(C)OC(=O)[C@H](C)NP(=O)(Oc1ccccc1)O[C@@H](C)[C@H]1O[C@@H](n2ccc3c(=O)[nH]c(NC(C)OC(=O)[C@H](C)N[P@@](=O)(Oc4ccccc4)O[C@@H](C)[C@H](O)O[C@@H](n4ccc5c(=O)[nH]c(NC(C)OC(=O)[C@H](C)N[P@](=O)(Oc6ccccc6)O[C@@H](C)[C@H]6O[C@@H](n7ccc8c(=O)[nH]c(N)nc87)[C@@](O)(CF)C6O)nc54)[C@@](C)(O)CF)nc32)[C@@](O)(CF)C1O. The molecule has 0 radical (unpaired) electrons. The van der Waals surface area contributed by atoms with E-state index in [1.165, 1.54) is 140 Å². The van der Waals surface area contributed by atoms with Gasteiger partial charge in [-0.2, -0.15) is 30.2 Å². The molecule has 8 heterocycles. The fourth-order valence-electron chi connectivity index (χ4n) is 13.0. The molecule has 48 heteroatoms. The smallest absolute Gasteiger partial charge is 0.459 e. The van der Waals surface area contributed by atoms with Gasteiger partial charge in [0.2, 0.25) is 17.8 Å². The highest BCUT2D eigenvalue weighted by molar-refractivity contribution is 7.52. The van der Waals surface area contributed by atoms with Crippen LogP contribution < -0.4 is 61.9 Å². The van der Waals surface area contributed by atoms with Crippen LogP contribution in [0.2, 0.25) is 0 Å². The monoisotopic (exact) mass is 1760 g/mol. The Kier molecular flexibility index (Phi) is 28.3. The van der Waals surface area contributed by atoms with E-state index in [0.717, 1.165) is 33.7 Å². The minimum Gasteiger partial charge on any atom is -0.462 e. The fourth-order valence-corrected chi connectivity index (χ4v) is 18.0. The van der Waals surface area contributed by atoms with Crippen LogP contribution in [0, 0.1) is 0 Å². The van der Waals surface area contributed by atoms with Crippen molar-refractivity contribution in [1.82, 2.24) is 58.9 Å². The summed E-state index contributed by atoms with van der Waals surface area (Å²) in [5, 5.41) is 82.4. The van der Waals surface area contributed by atoms with Crippen LogP contribution in [0.1, 0.15) is 94.8 Å². The number of alkyl halides is 3. The quantitative estimate of drug-likeness (QED) is 0.00972. The number of aromatic amines is 3. The number of esters is 3. The van der Waals surface area contributed by atoms with Gasteiger partial charge in [-0.25, -0.2) is 26.9 Å². The number of aliphatic hydroxyl groups excluding tert-OH is 3. The topological polar surface area (TPSA) is 573 Å². The Morgan fingerprint density at radius 1 is 0.554 bits per heavy atom. The number of nitrogens with one attached hydrogen (secondary N) is 8. The van der Waals surface area contributed by atoms with Crippen molar-refractivity contribution in [3.63, 3.8) is 0 Å². The van der Waals surface area contributed by atoms with Crippen molar-refractivity contribution in [1.29, 1.82) is 0 Å². The molecule has 2 saturated heterocycles. The summed E-state index contributed by atoms with van der Waals surface area (Å²) in [6.07, 6.45) is -20.5. The van der Waals surface area contributed by atoms with E-state index in [2.05, 4.69) is 55.8 Å². The molecule has 42 nitrogen and oxygen atoms in total. The van der Waals surface area contributed by atoms with Gasteiger partial charge in [0.1, 0.15) is 91.5 Å². The van der Waals surface area contributed by atoms with Gasteiger partial charge >= 0.3 is 41.1 Å². The number of para-hydroxylation sites is 3. The molecule has 121 heavy (non-hydrogen) atoms. The molecule has 22 atom stereocenters. The maximum absolute atomic E-state index is 15.3. The van der Waals surface area contributed by atoms with Gasteiger partial charge in [-0.1, -0.05) is 54.6 Å². The van der Waals surface area contributed by atoms with Crippen molar-refractivity contribution in [2.24, 2.45) is 0 Å². The average Bonchev–Trinajstić information content (AvgIpc) is 1.59. The Balaban J connectivity index is 0.742. The largest absolute Gasteiger partial charge is 0.462 e. The zero-order valence-corrected chi connectivity index (χ0v) is 69.2. The number of ether oxygens (including phenoxy) is 6. The molecule has 0 aliphatic carbocycles. The summed E-state index contributed by atoms with van der Waals surface area (Å²) in [6, 6.07) is 21.5. The van der Waals surface area contributed by atoms with Crippen LogP contribution in [0.15, 0.2) is 142 Å². The Hall–Kier alpha value is -9.99. The van der Waals surface area contributed by atoms with Crippen LogP contribution in [0.4, 0.5) is 31.0 Å². The van der Waals surface area contributed by atoms with Crippen LogP contribution in [0.5, 0.6) is 17.2 Å². The summed E-state index contributed by atoms with van der Waals surface area (Å²) in [4.78, 5) is 101. The summed E-state index contributed by atoms with van der Waals surface area (Å²) in [5.74, 6) is -4.45. The van der Waals surface area contributed by atoms with Crippen molar-refractivity contribution in [2.75, 3.05) is 36.4 Å². The lowest BCUT2D eigenvalue weighted by Crippen LogP contribution is -2.50. The Morgan fingerprint density at radius 3 is 1.31 bits per heavy atom. The van der Waals surface area contributed by atoms with E-state index >= 15 is 8.78 Å². The van der Waals surface area contributed by atoms with E-state index < -0.39 is 211 Å². The number of halogens is 3. The van der Waals surface area contributed by atoms with Crippen LogP contribution in [0.3, 0.4) is 0 Å². The molecular weight excluding hydrogens is 1670 g/mol. The molecule has 0 saturated carbocycles. The first-order valence-corrected chi connectivity index (χ1v) is 42.2. The first-order valence-electron chi connectivity index (χ1n) is 37.5. The molecule has 658 valence electrons. The summed E-state index contributed by atoms with van der Waals surface area (Å²) in [5.41, 5.74) is -5.53. The van der Waals surface area contributed by atoms with Gasteiger partial charge in [-0.05, 0) is 131 Å². The molecule has 6 aromatic heterocycles. The number of anilines is 3. The van der Waals surface area contributed by atoms with E-state index in [4.69, 9.17) is 61.3 Å². The van der Waals surface area contributed by atoms with Crippen LogP contribution in [-0.4, -0.2) is 215 Å². The highest BCUT2D eigenvalue weighted by atomic mass is 31.2. The molecule has 2 fully saturated rings. The minimum atomic E-state index is -4.99. The van der Waals surface area contributed by atoms with Gasteiger partial charge in [0, 0.05) is 18.6 Å². The number of carbonyl (C=O) groups is 3. The third-order valence-electron chi connectivity index (χ3n) is 19.0. The van der Waals surface area contributed by atoms with Gasteiger partial charge in [0.25, 0.3) is 16.7 Å². The number of nitrogens with two attached hydrogens (primary N) is 1. The van der Waals surface area contributed by atoms with E-state index in [1.54, 1.807) is 44.2 Å². The number of nitrogen functional groups attached to an aromatic ring is 1. The van der Waals surface area contributed by atoms with E-state index in [-0.39, 0.29) is 56.3 Å². The van der Waals surface area contributed by atoms with Crippen molar-refractivity contribution < 1.29 is 127 Å². The summed E-state index contributed by atoms with van der Waals surface area (Å²) >= 11 is 0. The fraction of sp³-hybridized carbons (Fsp3) is 0.466. The highest BCUT2D eigenvalue weighted by Crippen LogP contribution is 2.53. The number of fused-ring (bicyclic) bond motifs is 3. The minimum absolute atomic E-state index is 0.0283. The van der Waals surface area contributed by atoms with E-state index in [9.17, 15) is 77.5 Å². The lowest BCUT2D eigenvalue weighted by molar-refractivity contribution is -0.245. The maximum Gasteiger partial charge on any atom is 0.459 e. The number of H-pyrrole nitrogens is 3. The van der Waals surface area contributed by atoms with Gasteiger partial charge in [0.15, 0.2) is 65.6 Å². The molecule has 0 bridgehead atoms. The third kappa shape index (κ3) is 20.7. The molecule has 2 aliphatic rings. The van der Waals surface area contributed by atoms with Gasteiger partial charge in [-0.3, -0.25) is 57.3 Å². The van der Waals surface area contributed by atoms with Crippen molar-refractivity contribution in [2.45, 2.75) is 197 Å². The molecule has 11 rings (SSSR count). The first kappa shape index (κ1) is 91.7. The molecule has 9 aromatic rings. The maximum atomic E-state index is 15.3. The van der Waals surface area contributed by atoms with E-state index in [1.807, 2.05) is 0 Å². The van der Waals surface area contributed by atoms with Crippen molar-refractivity contribution in [3.8, 4) is 17.2 Å². The van der Waals surface area contributed by atoms with Gasteiger partial charge < -0.3 is 103 Å². The van der Waals surface area contributed by atoms with Crippen molar-refractivity contribution >= 4 is 92.1 Å². The zero-order valence-electron chi connectivity index (χ0n) is 66.6. The predicted octanol–water partition coefficient (Wildman–Crippen LogP) is 5.52. The number of aliphatic hydroxyl groups is 6. The number of aromatic nitrogens is 9. The third-order valence-corrected chi connectivity index (χ3v) is 24.3. The lowest BCUT2D eigenvalue weighted by Gasteiger charge is -2.35. The summed E-state index contributed by atoms with van der Waals surface area (Å²) in [6.45, 7) is 9.19. The van der Waals surface area contributed by atoms with Crippen LogP contribution in [0.25, 0.3) is 33.1 Å². The number of hydrogen-bond donors (Lipinski definition) is 15. The normalized spacial score (nSPS) is 23.9. The molecule has 0 amide bonds. The lowest BCUT2D eigenvalue weighted by atomic mass is 9.93. The van der Waals surface area contributed by atoms with Crippen molar-refractivity contribution in [3.05, 3.63) is 159 Å². The average molecular weight is 1760 g/mol. The molecule has 0 spiro atoms. The summed E-state index contributed by atoms with van der Waals surface area (Å²) in [7, 11) is -14.5. The number of rotatable bonds is 40.